The molecule has 0 aliphatic carbocycles. The molecule has 1 aromatic rings. The van der Waals surface area contributed by atoms with Crippen LogP contribution in [0, 0.1) is 15.9 Å². The highest BCUT2D eigenvalue weighted by molar-refractivity contribution is 5.95. The summed E-state index contributed by atoms with van der Waals surface area (Å²) in [5.41, 5.74) is -0.586. The molecule has 1 N–H and O–H groups in total. The molecule has 0 atom stereocenters. The van der Waals surface area contributed by atoms with Crippen LogP contribution in [0.15, 0.2) is 18.2 Å². The van der Waals surface area contributed by atoms with Crippen molar-refractivity contribution in [2.45, 2.75) is 12.8 Å². The molecule has 1 saturated heterocycles. The van der Waals surface area contributed by atoms with Crippen molar-refractivity contribution in [3.05, 3.63) is 39.7 Å². The Bertz CT molecular complexity index is 516. The second kappa shape index (κ2) is 6.42. The Labute approximate surface area is 115 Å². The first-order valence-corrected chi connectivity index (χ1v) is 6.52. The van der Waals surface area contributed by atoms with Gasteiger partial charge in [0.15, 0.2) is 0 Å². The normalized spacial score (nSPS) is 15.2. The maximum absolute atomic E-state index is 13.5. The van der Waals surface area contributed by atoms with Crippen molar-refractivity contribution in [2.75, 3.05) is 26.2 Å². The van der Waals surface area contributed by atoms with Crippen LogP contribution in [0.2, 0.25) is 0 Å². The molecule has 2 rings (SSSR count). The number of hydrogen-bond acceptors (Lipinski definition) is 4. The van der Waals surface area contributed by atoms with Gasteiger partial charge in [0.2, 0.25) is 0 Å². The molecule has 1 aliphatic heterocycles. The molecular formula is C13H16FN3O3. The standard InChI is InChI=1S/C13H16FN3O3/c14-12-4-3-10(17(19)20)9-11(12)13(18)15-5-8-16-6-1-2-7-16/h3-4,9H,1-2,5-8H2,(H,15,18). The topological polar surface area (TPSA) is 75.5 Å². The van der Waals surface area contributed by atoms with Gasteiger partial charge < -0.3 is 10.2 Å². The molecule has 1 fully saturated rings. The SMILES string of the molecule is O=C(NCCN1CCCC1)c1cc([N+](=O)[O-])ccc1F. The highest BCUT2D eigenvalue weighted by Gasteiger charge is 2.17. The van der Waals surface area contributed by atoms with E-state index in [0.717, 1.165) is 44.1 Å². The number of nitrogens with one attached hydrogen (secondary N) is 1. The number of benzene rings is 1. The Morgan fingerprint density at radius 1 is 1.40 bits per heavy atom. The van der Waals surface area contributed by atoms with E-state index >= 15 is 0 Å². The van der Waals surface area contributed by atoms with Crippen molar-refractivity contribution in [3.8, 4) is 0 Å². The number of nitrogens with zero attached hydrogens (tertiary/aromatic N) is 2. The molecule has 0 radical (unpaired) electrons. The van der Waals surface area contributed by atoms with E-state index in [1.807, 2.05) is 0 Å². The smallest absolute Gasteiger partial charge is 0.270 e. The van der Waals surface area contributed by atoms with Gasteiger partial charge >= 0.3 is 0 Å². The van der Waals surface area contributed by atoms with Crippen molar-refractivity contribution in [1.29, 1.82) is 0 Å². The molecule has 0 bridgehead atoms. The summed E-state index contributed by atoms with van der Waals surface area (Å²) in [6, 6.07) is 2.93. The molecule has 20 heavy (non-hydrogen) atoms. The van der Waals surface area contributed by atoms with Gasteiger partial charge in [0.05, 0.1) is 10.5 Å². The number of nitro benzene ring substituents is 1. The summed E-state index contributed by atoms with van der Waals surface area (Å²) >= 11 is 0. The summed E-state index contributed by atoms with van der Waals surface area (Å²) < 4.78 is 13.5. The van der Waals surface area contributed by atoms with Gasteiger partial charge in [0.25, 0.3) is 11.6 Å². The van der Waals surface area contributed by atoms with Crippen molar-refractivity contribution < 1.29 is 14.1 Å². The molecule has 1 amide bonds. The Kier molecular flexibility index (Phi) is 4.62. The molecule has 1 aromatic carbocycles. The Morgan fingerprint density at radius 2 is 2.10 bits per heavy atom. The average Bonchev–Trinajstić information content (AvgIpc) is 2.92. The van der Waals surface area contributed by atoms with Gasteiger partial charge in [-0.3, -0.25) is 14.9 Å². The van der Waals surface area contributed by atoms with Crippen LogP contribution in [0.4, 0.5) is 10.1 Å². The number of likely N-dealkylation sites (tertiary alicyclic amines) is 1. The molecule has 108 valence electrons. The van der Waals surface area contributed by atoms with Crippen LogP contribution < -0.4 is 5.32 Å². The fourth-order valence-electron chi connectivity index (χ4n) is 2.23. The largest absolute Gasteiger partial charge is 0.351 e. The molecule has 1 aliphatic rings. The number of carbonyl (C=O) groups is 1. The van der Waals surface area contributed by atoms with E-state index in [0.29, 0.717) is 13.1 Å². The second-order valence-electron chi connectivity index (χ2n) is 4.73. The van der Waals surface area contributed by atoms with Crippen LogP contribution in [0.5, 0.6) is 0 Å². The lowest BCUT2D eigenvalue weighted by Gasteiger charge is -2.14. The monoisotopic (exact) mass is 281 g/mol. The molecule has 7 heteroatoms. The van der Waals surface area contributed by atoms with Crippen LogP contribution in [-0.4, -0.2) is 41.9 Å². The van der Waals surface area contributed by atoms with Gasteiger partial charge in [0, 0.05) is 25.2 Å². The van der Waals surface area contributed by atoms with Crippen LogP contribution in [0.25, 0.3) is 0 Å². The highest BCUT2D eigenvalue weighted by Crippen LogP contribution is 2.16. The van der Waals surface area contributed by atoms with Gasteiger partial charge in [-0.1, -0.05) is 0 Å². The third-order valence-electron chi connectivity index (χ3n) is 3.32. The number of nitro groups is 1. The van der Waals surface area contributed by atoms with E-state index < -0.39 is 16.6 Å². The molecule has 0 aromatic heterocycles. The van der Waals surface area contributed by atoms with Gasteiger partial charge in [-0.2, -0.15) is 0 Å². The summed E-state index contributed by atoms with van der Waals surface area (Å²) in [6.07, 6.45) is 2.32. The molecule has 0 spiro atoms. The van der Waals surface area contributed by atoms with Crippen LogP contribution in [-0.2, 0) is 0 Å². The summed E-state index contributed by atoms with van der Waals surface area (Å²) in [7, 11) is 0. The lowest BCUT2D eigenvalue weighted by Crippen LogP contribution is -2.33. The number of non-ortho nitro benzene ring substituents is 1. The Hall–Kier alpha value is -2.02. The number of rotatable bonds is 5. The van der Waals surface area contributed by atoms with E-state index in [1.165, 1.54) is 0 Å². The first-order valence-electron chi connectivity index (χ1n) is 6.52. The first kappa shape index (κ1) is 14.4. The molecule has 1 heterocycles. The van der Waals surface area contributed by atoms with E-state index in [9.17, 15) is 19.3 Å². The number of carbonyl (C=O) groups excluding carboxylic acids is 1. The highest BCUT2D eigenvalue weighted by atomic mass is 19.1. The van der Waals surface area contributed by atoms with Gasteiger partial charge in [-0.25, -0.2) is 4.39 Å². The number of hydrogen-bond donors (Lipinski definition) is 1. The van der Waals surface area contributed by atoms with Crippen LogP contribution >= 0.6 is 0 Å². The van der Waals surface area contributed by atoms with Crippen molar-refractivity contribution in [1.82, 2.24) is 10.2 Å². The minimum atomic E-state index is -0.755. The average molecular weight is 281 g/mol. The van der Waals surface area contributed by atoms with E-state index in [-0.39, 0.29) is 11.3 Å². The lowest BCUT2D eigenvalue weighted by molar-refractivity contribution is -0.384. The number of amides is 1. The predicted molar refractivity (Wildman–Crippen MR) is 71.1 cm³/mol. The van der Waals surface area contributed by atoms with E-state index in [4.69, 9.17) is 0 Å². The summed E-state index contributed by atoms with van der Waals surface area (Å²) in [4.78, 5) is 24.0. The Morgan fingerprint density at radius 3 is 2.75 bits per heavy atom. The maximum Gasteiger partial charge on any atom is 0.270 e. The van der Waals surface area contributed by atoms with Gasteiger partial charge in [0.1, 0.15) is 5.82 Å². The summed E-state index contributed by atoms with van der Waals surface area (Å²) in [6.45, 7) is 3.14. The first-order chi connectivity index (χ1) is 9.58. The van der Waals surface area contributed by atoms with Gasteiger partial charge in [-0.05, 0) is 32.0 Å². The van der Waals surface area contributed by atoms with Crippen molar-refractivity contribution >= 4 is 11.6 Å². The van der Waals surface area contributed by atoms with Gasteiger partial charge in [-0.15, -0.1) is 0 Å². The minimum Gasteiger partial charge on any atom is -0.351 e. The Balaban J connectivity index is 1.94. The second-order valence-corrected chi connectivity index (χ2v) is 4.73. The molecule has 0 saturated carbocycles. The summed E-state index contributed by atoms with van der Waals surface area (Å²) in [5, 5.41) is 13.2. The van der Waals surface area contributed by atoms with E-state index in [1.54, 1.807) is 0 Å². The van der Waals surface area contributed by atoms with Crippen molar-refractivity contribution in [2.24, 2.45) is 0 Å². The predicted octanol–water partition coefficient (Wildman–Crippen LogP) is 1.56. The zero-order chi connectivity index (χ0) is 14.5. The van der Waals surface area contributed by atoms with Crippen LogP contribution in [0.3, 0.4) is 0 Å². The van der Waals surface area contributed by atoms with E-state index in [2.05, 4.69) is 10.2 Å². The quantitative estimate of drug-likeness (QED) is 0.656. The molecule has 6 nitrogen and oxygen atoms in total. The molecular weight excluding hydrogens is 265 g/mol. The van der Waals surface area contributed by atoms with Crippen molar-refractivity contribution in [3.63, 3.8) is 0 Å². The third kappa shape index (κ3) is 3.51. The molecule has 0 unspecified atom stereocenters. The zero-order valence-electron chi connectivity index (χ0n) is 11.0. The van der Waals surface area contributed by atoms with Crippen LogP contribution in [0.1, 0.15) is 23.2 Å². The fraction of sp³-hybridized carbons (Fsp3) is 0.462. The zero-order valence-corrected chi connectivity index (χ0v) is 11.0. The number of halogens is 1. The minimum absolute atomic E-state index is 0.291. The summed E-state index contributed by atoms with van der Waals surface area (Å²) in [5.74, 6) is -1.38. The maximum atomic E-state index is 13.5. The lowest BCUT2D eigenvalue weighted by atomic mass is 10.1. The fourth-order valence-corrected chi connectivity index (χ4v) is 2.23. The third-order valence-corrected chi connectivity index (χ3v) is 3.32.